The number of benzene rings is 2. The lowest BCUT2D eigenvalue weighted by atomic mass is 9.95. The van der Waals surface area contributed by atoms with Crippen molar-refractivity contribution in [2.75, 3.05) is 20.6 Å². The van der Waals surface area contributed by atoms with E-state index in [2.05, 4.69) is 11.6 Å². The summed E-state index contributed by atoms with van der Waals surface area (Å²) in [5.74, 6) is -3.18. The van der Waals surface area contributed by atoms with Crippen molar-refractivity contribution in [1.82, 2.24) is 9.88 Å². The number of aliphatic carboxylic acids is 1. The van der Waals surface area contributed by atoms with Crippen LogP contribution in [0.15, 0.2) is 60.8 Å². The number of fused-ring (bicyclic) bond motifs is 1. The maximum absolute atomic E-state index is 12.4. The molecule has 0 spiro atoms. The molecule has 1 heterocycles. The summed E-state index contributed by atoms with van der Waals surface area (Å²) < 4.78 is 31.7. The topological polar surface area (TPSA) is 116 Å². The molecule has 4 N–H and O–H groups in total. The zero-order chi connectivity index (χ0) is 25.6. The normalized spacial score (nSPS) is 11.1. The molecule has 2 aromatic carbocycles. The highest BCUT2D eigenvalue weighted by Gasteiger charge is 2.38. The molecule has 0 fully saturated rings. The van der Waals surface area contributed by atoms with Crippen molar-refractivity contribution in [3.63, 3.8) is 0 Å². The number of nitrogens with two attached hydrogens (primary N) is 1. The van der Waals surface area contributed by atoms with E-state index >= 15 is 0 Å². The molecule has 0 saturated heterocycles. The number of nitrogens with zero attached hydrogens (tertiary/aromatic N) is 1. The van der Waals surface area contributed by atoms with E-state index in [1.807, 2.05) is 55.4 Å². The molecular weight excluding hydrogens is 451 g/mol. The molecule has 0 aliphatic rings. The Morgan fingerprint density at radius 2 is 1.76 bits per heavy atom. The van der Waals surface area contributed by atoms with E-state index < -0.39 is 18.1 Å². The van der Waals surface area contributed by atoms with Crippen molar-refractivity contribution in [2.24, 2.45) is 5.73 Å². The van der Waals surface area contributed by atoms with E-state index in [4.69, 9.17) is 15.6 Å². The van der Waals surface area contributed by atoms with E-state index in [1.54, 1.807) is 12.3 Å². The fourth-order valence-electron chi connectivity index (χ4n) is 3.24. The zero-order valence-electron chi connectivity index (χ0n) is 18.6. The number of H-pyrrole nitrogens is 1. The number of aromatic amines is 1. The van der Waals surface area contributed by atoms with Crippen LogP contribution in [0.1, 0.15) is 15.9 Å². The minimum absolute atomic E-state index is 0.0386. The number of amides is 1. The van der Waals surface area contributed by atoms with E-state index in [0.717, 1.165) is 27.6 Å². The third-order valence-electron chi connectivity index (χ3n) is 4.74. The highest BCUT2D eigenvalue weighted by atomic mass is 19.4. The summed E-state index contributed by atoms with van der Waals surface area (Å²) in [6.07, 6.45) is -2.98. The Hall–Kier alpha value is -3.92. The molecule has 7 nitrogen and oxygen atoms in total. The number of likely N-dealkylation sites (N-methyl/N-ethyl adjacent to an activating group) is 1. The molecule has 0 saturated carbocycles. The molecule has 34 heavy (non-hydrogen) atoms. The number of hydrogen-bond acceptors (Lipinski definition) is 4. The van der Waals surface area contributed by atoms with Gasteiger partial charge in [0.15, 0.2) is 5.78 Å². The van der Waals surface area contributed by atoms with Crippen LogP contribution in [0.4, 0.5) is 13.2 Å². The number of hydrogen-bond donors (Lipinski definition) is 3. The van der Waals surface area contributed by atoms with Crippen molar-refractivity contribution >= 4 is 28.6 Å². The van der Waals surface area contributed by atoms with Crippen molar-refractivity contribution in [3.8, 4) is 11.1 Å². The molecule has 0 atom stereocenters. The average molecular weight is 475 g/mol. The van der Waals surface area contributed by atoms with Crippen molar-refractivity contribution in [3.05, 3.63) is 71.9 Å². The van der Waals surface area contributed by atoms with Gasteiger partial charge in [-0.15, -0.1) is 0 Å². The molecule has 0 radical (unpaired) electrons. The summed E-state index contributed by atoms with van der Waals surface area (Å²) in [5.41, 5.74) is 10.1. The number of nitrogens with one attached hydrogen (secondary N) is 1. The Balaban J connectivity index is 0.000000509. The van der Waals surface area contributed by atoms with Crippen LogP contribution in [0, 0.1) is 0 Å². The first-order valence-electron chi connectivity index (χ1n) is 9.96. The Bertz CT molecular complexity index is 1230. The Kier molecular flexibility index (Phi) is 8.36. The van der Waals surface area contributed by atoms with Gasteiger partial charge in [-0.1, -0.05) is 36.9 Å². The Morgan fingerprint density at radius 3 is 2.32 bits per heavy atom. The largest absolute Gasteiger partial charge is 0.490 e. The van der Waals surface area contributed by atoms with Crippen LogP contribution < -0.4 is 5.73 Å². The summed E-state index contributed by atoms with van der Waals surface area (Å²) >= 11 is 0. The Labute approximate surface area is 193 Å². The minimum Gasteiger partial charge on any atom is -0.475 e. The van der Waals surface area contributed by atoms with Crippen molar-refractivity contribution < 1.29 is 32.7 Å². The van der Waals surface area contributed by atoms with Gasteiger partial charge in [-0.3, -0.25) is 9.59 Å². The maximum atomic E-state index is 12.4. The van der Waals surface area contributed by atoms with Crippen molar-refractivity contribution in [1.29, 1.82) is 0 Å². The fourth-order valence-corrected chi connectivity index (χ4v) is 3.24. The maximum Gasteiger partial charge on any atom is 0.490 e. The number of carboxylic acid groups (broad SMARTS) is 1. The molecule has 3 rings (SSSR count). The number of ketones is 1. The first-order chi connectivity index (χ1) is 15.8. The first-order valence-corrected chi connectivity index (χ1v) is 9.96. The molecule has 1 amide bonds. The minimum atomic E-state index is -5.08. The Morgan fingerprint density at radius 1 is 1.12 bits per heavy atom. The third-order valence-corrected chi connectivity index (χ3v) is 4.74. The monoisotopic (exact) mass is 475 g/mol. The zero-order valence-corrected chi connectivity index (χ0v) is 18.6. The third kappa shape index (κ3) is 6.79. The summed E-state index contributed by atoms with van der Waals surface area (Å²) in [6.45, 7) is 4.45. The van der Waals surface area contributed by atoms with Crippen LogP contribution >= 0.6 is 0 Å². The van der Waals surface area contributed by atoms with Crippen LogP contribution in [0.5, 0.6) is 0 Å². The van der Waals surface area contributed by atoms with Crippen LogP contribution in [0.25, 0.3) is 22.0 Å². The first kappa shape index (κ1) is 26.3. The number of rotatable bonds is 7. The number of carbonyl (C=O) groups excluding carboxylic acids is 2. The van der Waals surface area contributed by atoms with Gasteiger partial charge in [-0.2, -0.15) is 13.2 Å². The van der Waals surface area contributed by atoms with Gasteiger partial charge >= 0.3 is 12.1 Å². The number of halogens is 3. The number of carboxylic acids is 1. The molecule has 180 valence electrons. The quantitative estimate of drug-likeness (QED) is 0.450. The SMILES string of the molecule is C=C(CN(C)C)C(=O)Cc1cccc(-c2ccc(C(N)=O)c3[nH]ccc23)c1.O=C(O)C(F)(F)F. The fraction of sp³-hybridized carbons (Fsp3) is 0.208. The summed E-state index contributed by atoms with van der Waals surface area (Å²) in [7, 11) is 3.83. The van der Waals surface area contributed by atoms with E-state index in [1.165, 1.54) is 0 Å². The highest BCUT2D eigenvalue weighted by molar-refractivity contribution is 6.09. The predicted molar refractivity (Wildman–Crippen MR) is 122 cm³/mol. The van der Waals surface area contributed by atoms with Crippen LogP contribution in [-0.2, 0) is 16.0 Å². The van der Waals surface area contributed by atoms with Gasteiger partial charge in [0.2, 0.25) is 0 Å². The van der Waals surface area contributed by atoms with Gasteiger partial charge in [0.25, 0.3) is 5.91 Å². The van der Waals surface area contributed by atoms with Gasteiger partial charge in [0.1, 0.15) is 0 Å². The molecule has 0 aliphatic carbocycles. The van der Waals surface area contributed by atoms with Crippen LogP contribution in [0.3, 0.4) is 0 Å². The molecule has 0 aliphatic heterocycles. The second-order valence-corrected chi connectivity index (χ2v) is 7.74. The summed E-state index contributed by atoms with van der Waals surface area (Å²) in [6, 6.07) is 13.4. The lowest BCUT2D eigenvalue weighted by Gasteiger charge is -2.12. The molecule has 1 aromatic heterocycles. The lowest BCUT2D eigenvalue weighted by Crippen LogP contribution is -2.21. The van der Waals surface area contributed by atoms with Gasteiger partial charge in [0, 0.05) is 30.1 Å². The van der Waals surface area contributed by atoms with Crippen LogP contribution in [-0.4, -0.2) is 59.5 Å². The number of Topliss-reactive ketones (excluding diaryl/α,β-unsaturated/α-hetero) is 1. The molecule has 0 bridgehead atoms. The molecule has 3 aromatic rings. The standard InChI is InChI=1S/C22H23N3O2.C2HF3O2/c1-14(13-25(2)3)20(26)12-15-5-4-6-16(11-15)17-7-8-19(22(23)27)21-18(17)9-10-24-21;3-2(4,5)1(6)7/h4-11,24H,1,12-13H2,2-3H3,(H2,23,27);(H,6,7). The van der Waals surface area contributed by atoms with E-state index in [-0.39, 0.29) is 5.78 Å². The molecule has 0 unspecified atom stereocenters. The smallest absolute Gasteiger partial charge is 0.475 e. The van der Waals surface area contributed by atoms with E-state index in [0.29, 0.717) is 24.1 Å². The second-order valence-electron chi connectivity index (χ2n) is 7.74. The van der Waals surface area contributed by atoms with Gasteiger partial charge in [0.05, 0.1) is 11.1 Å². The molecule has 10 heteroatoms. The predicted octanol–water partition coefficient (Wildman–Crippen LogP) is 3.80. The van der Waals surface area contributed by atoms with Gasteiger partial charge < -0.3 is 20.7 Å². The van der Waals surface area contributed by atoms with E-state index in [9.17, 15) is 22.8 Å². The number of primary amides is 1. The highest BCUT2D eigenvalue weighted by Crippen LogP contribution is 2.31. The molecular formula is C24H24F3N3O4. The van der Waals surface area contributed by atoms with Gasteiger partial charge in [-0.05, 0) is 42.9 Å². The number of alkyl halides is 3. The number of aromatic nitrogens is 1. The van der Waals surface area contributed by atoms with Crippen LogP contribution in [0.2, 0.25) is 0 Å². The second kappa shape index (κ2) is 10.8. The van der Waals surface area contributed by atoms with Gasteiger partial charge in [-0.25, -0.2) is 4.79 Å². The average Bonchev–Trinajstić information content (AvgIpc) is 3.22. The summed E-state index contributed by atoms with van der Waals surface area (Å²) in [5, 5.41) is 8.05. The summed E-state index contributed by atoms with van der Waals surface area (Å²) in [4.78, 5) is 37.9. The van der Waals surface area contributed by atoms with Crippen molar-refractivity contribution in [2.45, 2.75) is 12.6 Å². The number of carbonyl (C=O) groups is 3. The lowest BCUT2D eigenvalue weighted by molar-refractivity contribution is -0.192.